The van der Waals surface area contributed by atoms with Gasteiger partial charge in [0.1, 0.15) is 17.3 Å². The Bertz CT molecular complexity index is 1220. The zero-order valence-electron chi connectivity index (χ0n) is 13.9. The summed E-state index contributed by atoms with van der Waals surface area (Å²) >= 11 is 0. The highest BCUT2D eigenvalue weighted by atomic mass is 16.5. The van der Waals surface area contributed by atoms with Gasteiger partial charge < -0.3 is 14.5 Å². The maximum atomic E-state index is 12.2. The zero-order chi connectivity index (χ0) is 18.8. The van der Waals surface area contributed by atoms with E-state index in [1.807, 2.05) is 12.1 Å². The number of carbonyl (C=O) groups excluding carboxylic acids is 2. The molecule has 0 fully saturated rings. The van der Waals surface area contributed by atoms with Gasteiger partial charge in [-0.15, -0.1) is 0 Å². The van der Waals surface area contributed by atoms with Crippen molar-refractivity contribution in [3.8, 4) is 6.07 Å². The van der Waals surface area contributed by atoms with Crippen LogP contribution in [0.5, 0.6) is 0 Å². The van der Waals surface area contributed by atoms with Crippen LogP contribution in [0.3, 0.4) is 0 Å². The molecule has 8 nitrogen and oxygen atoms in total. The van der Waals surface area contributed by atoms with Crippen LogP contribution < -0.4 is 5.32 Å². The van der Waals surface area contributed by atoms with Crippen LogP contribution in [-0.2, 0) is 9.53 Å². The van der Waals surface area contributed by atoms with E-state index < -0.39 is 18.5 Å². The third-order valence-corrected chi connectivity index (χ3v) is 3.96. The van der Waals surface area contributed by atoms with Crippen LogP contribution in [0.1, 0.15) is 16.2 Å². The third kappa shape index (κ3) is 2.98. The molecule has 4 rings (SSSR count). The molecule has 0 saturated heterocycles. The maximum absolute atomic E-state index is 12.2. The van der Waals surface area contributed by atoms with Crippen molar-refractivity contribution in [3.63, 3.8) is 0 Å². The number of nitrogens with one attached hydrogen (secondary N) is 2. The highest BCUT2D eigenvalue weighted by molar-refractivity contribution is 6.05. The lowest BCUT2D eigenvalue weighted by Gasteiger charge is -2.05. The standard InChI is InChI=1S/C19H12N4O4/c20-9-15-17(12-6-2-4-8-14(12)27-15)21-16(24)10-26-19(25)18-11-5-1-3-7-13(11)22-23-18/h1-8H,10H2,(H,21,24)(H,22,23). The van der Waals surface area contributed by atoms with Gasteiger partial charge in [0.15, 0.2) is 12.3 Å². The van der Waals surface area contributed by atoms with Crippen LogP contribution in [-0.4, -0.2) is 28.7 Å². The van der Waals surface area contributed by atoms with E-state index >= 15 is 0 Å². The summed E-state index contributed by atoms with van der Waals surface area (Å²) in [4.78, 5) is 24.4. The molecule has 0 saturated carbocycles. The lowest BCUT2D eigenvalue weighted by Crippen LogP contribution is -2.21. The molecule has 0 atom stereocenters. The number of aromatic nitrogens is 2. The molecule has 8 heteroatoms. The monoisotopic (exact) mass is 360 g/mol. The Kier molecular flexibility index (Phi) is 4.03. The van der Waals surface area contributed by atoms with E-state index in [1.165, 1.54) is 0 Å². The van der Waals surface area contributed by atoms with E-state index in [0.29, 0.717) is 21.9 Å². The maximum Gasteiger partial charge on any atom is 0.359 e. The number of hydrogen-bond donors (Lipinski definition) is 2. The van der Waals surface area contributed by atoms with Gasteiger partial charge in [0, 0.05) is 10.8 Å². The van der Waals surface area contributed by atoms with Crippen molar-refractivity contribution in [3.05, 3.63) is 60.0 Å². The van der Waals surface area contributed by atoms with Crippen molar-refractivity contribution in [1.82, 2.24) is 10.2 Å². The number of aromatic amines is 1. The van der Waals surface area contributed by atoms with Crippen molar-refractivity contribution >= 4 is 39.4 Å². The van der Waals surface area contributed by atoms with E-state index in [2.05, 4.69) is 15.5 Å². The number of furan rings is 1. The second kappa shape index (κ2) is 6.65. The summed E-state index contributed by atoms with van der Waals surface area (Å²) in [5, 5.41) is 19.6. The molecule has 2 heterocycles. The Morgan fingerprint density at radius 2 is 1.89 bits per heavy atom. The van der Waals surface area contributed by atoms with E-state index in [0.717, 1.165) is 0 Å². The third-order valence-electron chi connectivity index (χ3n) is 3.96. The second-order valence-electron chi connectivity index (χ2n) is 5.66. The van der Waals surface area contributed by atoms with Gasteiger partial charge in [-0.1, -0.05) is 30.3 Å². The fourth-order valence-corrected chi connectivity index (χ4v) is 2.74. The number of para-hydroxylation sites is 2. The van der Waals surface area contributed by atoms with Crippen LogP contribution in [0.15, 0.2) is 52.9 Å². The Morgan fingerprint density at radius 3 is 2.70 bits per heavy atom. The molecule has 2 aromatic carbocycles. The average molecular weight is 360 g/mol. The lowest BCUT2D eigenvalue weighted by atomic mass is 10.2. The second-order valence-corrected chi connectivity index (χ2v) is 5.66. The number of nitriles is 1. The van der Waals surface area contributed by atoms with Gasteiger partial charge in [-0.3, -0.25) is 9.89 Å². The number of hydrogen-bond acceptors (Lipinski definition) is 6. The summed E-state index contributed by atoms with van der Waals surface area (Å²) in [5.41, 5.74) is 1.52. The topological polar surface area (TPSA) is 121 Å². The van der Waals surface area contributed by atoms with E-state index in [-0.39, 0.29) is 17.1 Å². The quantitative estimate of drug-likeness (QED) is 0.540. The summed E-state index contributed by atoms with van der Waals surface area (Å²) < 4.78 is 10.4. The van der Waals surface area contributed by atoms with Crippen LogP contribution in [0.4, 0.5) is 5.69 Å². The number of esters is 1. The molecule has 0 aliphatic rings. The smallest absolute Gasteiger partial charge is 0.359 e. The Labute approximate surface area is 152 Å². The van der Waals surface area contributed by atoms with Gasteiger partial charge in [-0.2, -0.15) is 10.4 Å². The van der Waals surface area contributed by atoms with Crippen LogP contribution in [0, 0.1) is 11.3 Å². The highest BCUT2D eigenvalue weighted by Gasteiger charge is 2.19. The van der Waals surface area contributed by atoms with Crippen molar-refractivity contribution in [2.45, 2.75) is 0 Å². The van der Waals surface area contributed by atoms with Crippen molar-refractivity contribution in [1.29, 1.82) is 5.26 Å². The molecule has 27 heavy (non-hydrogen) atoms. The molecule has 2 N–H and O–H groups in total. The molecule has 2 aromatic heterocycles. The summed E-state index contributed by atoms with van der Waals surface area (Å²) in [6.45, 7) is -0.523. The summed E-state index contributed by atoms with van der Waals surface area (Å²) in [6, 6.07) is 15.9. The number of benzene rings is 2. The number of carbonyl (C=O) groups is 2. The predicted molar refractivity (Wildman–Crippen MR) is 95.9 cm³/mol. The lowest BCUT2D eigenvalue weighted by molar-refractivity contribution is -0.119. The van der Waals surface area contributed by atoms with Gasteiger partial charge in [0.2, 0.25) is 5.76 Å². The Morgan fingerprint density at radius 1 is 1.15 bits per heavy atom. The predicted octanol–water partition coefficient (Wildman–Crippen LogP) is 2.98. The molecular formula is C19H12N4O4. The van der Waals surface area contributed by atoms with E-state index in [1.54, 1.807) is 42.5 Å². The SMILES string of the molecule is N#Cc1oc2ccccc2c1NC(=O)COC(=O)c1n[nH]c2ccccc12. The number of H-pyrrole nitrogens is 1. The largest absolute Gasteiger partial charge is 0.451 e. The number of fused-ring (bicyclic) bond motifs is 2. The van der Waals surface area contributed by atoms with Gasteiger partial charge in [0.05, 0.1) is 5.52 Å². The summed E-state index contributed by atoms with van der Waals surface area (Å²) in [5.74, 6) is -1.33. The van der Waals surface area contributed by atoms with Crippen molar-refractivity contribution in [2.75, 3.05) is 11.9 Å². The molecular weight excluding hydrogens is 348 g/mol. The van der Waals surface area contributed by atoms with E-state index in [9.17, 15) is 14.9 Å². The van der Waals surface area contributed by atoms with Gasteiger partial charge >= 0.3 is 5.97 Å². The molecule has 0 bridgehead atoms. The first-order valence-electron chi connectivity index (χ1n) is 7.99. The normalized spacial score (nSPS) is 10.6. The summed E-state index contributed by atoms with van der Waals surface area (Å²) in [6.07, 6.45) is 0. The molecule has 0 spiro atoms. The minimum Gasteiger partial charge on any atom is -0.451 e. The number of anilines is 1. The molecule has 4 aromatic rings. The average Bonchev–Trinajstić information content (AvgIpc) is 3.28. The number of amides is 1. The Balaban J connectivity index is 1.48. The van der Waals surface area contributed by atoms with Gasteiger partial charge in [0.25, 0.3) is 5.91 Å². The molecule has 0 unspecified atom stereocenters. The molecule has 0 aliphatic carbocycles. The molecule has 0 aliphatic heterocycles. The Hall–Kier alpha value is -4.12. The number of rotatable bonds is 4. The van der Waals surface area contributed by atoms with E-state index in [4.69, 9.17) is 9.15 Å². The number of nitrogens with zero attached hydrogens (tertiary/aromatic N) is 2. The number of ether oxygens (including phenoxy) is 1. The molecule has 0 radical (unpaired) electrons. The molecule has 1 amide bonds. The minimum absolute atomic E-state index is 0.0193. The van der Waals surface area contributed by atoms with Crippen LogP contribution in [0.2, 0.25) is 0 Å². The first-order chi connectivity index (χ1) is 13.2. The first-order valence-corrected chi connectivity index (χ1v) is 7.99. The van der Waals surface area contributed by atoms with Crippen molar-refractivity contribution in [2.24, 2.45) is 0 Å². The fraction of sp³-hybridized carbons (Fsp3) is 0.0526. The first kappa shape index (κ1) is 16.4. The fourth-order valence-electron chi connectivity index (χ4n) is 2.74. The van der Waals surface area contributed by atoms with Gasteiger partial charge in [-0.25, -0.2) is 4.79 Å². The molecule has 132 valence electrons. The van der Waals surface area contributed by atoms with Crippen molar-refractivity contribution < 1.29 is 18.7 Å². The minimum atomic E-state index is -0.722. The zero-order valence-corrected chi connectivity index (χ0v) is 13.9. The van der Waals surface area contributed by atoms with Gasteiger partial charge in [-0.05, 0) is 18.2 Å². The summed E-state index contributed by atoms with van der Waals surface area (Å²) in [7, 11) is 0. The highest BCUT2D eigenvalue weighted by Crippen LogP contribution is 2.30. The van der Waals surface area contributed by atoms with Crippen LogP contribution >= 0.6 is 0 Å². The van der Waals surface area contributed by atoms with Crippen LogP contribution in [0.25, 0.3) is 21.9 Å².